The summed E-state index contributed by atoms with van der Waals surface area (Å²) < 4.78 is 13.4. The Labute approximate surface area is 125 Å². The van der Waals surface area contributed by atoms with E-state index in [-0.39, 0.29) is 11.7 Å². The number of nitrogens with one attached hydrogen (secondary N) is 2. The molecule has 116 valence electrons. The number of nitrogens with zero attached hydrogens (tertiary/aromatic N) is 1. The predicted octanol–water partition coefficient (Wildman–Crippen LogP) is 1.43. The standard InChI is InChI=1S/C16H24FN3O/c1-3-20(14-6-7-18-10-14)11-16(21)19-9-13-5-4-12(2)15(17)8-13/h4-5,8,14,18H,3,6-7,9-11H2,1-2H3,(H,19,21). The summed E-state index contributed by atoms with van der Waals surface area (Å²) in [6, 6.07) is 5.50. The van der Waals surface area contributed by atoms with Crippen molar-refractivity contribution in [2.24, 2.45) is 0 Å². The van der Waals surface area contributed by atoms with Gasteiger partial charge in [-0.25, -0.2) is 4.39 Å². The zero-order valence-electron chi connectivity index (χ0n) is 12.8. The highest BCUT2D eigenvalue weighted by Crippen LogP contribution is 2.10. The van der Waals surface area contributed by atoms with E-state index in [4.69, 9.17) is 0 Å². The number of amides is 1. The molecule has 1 aromatic rings. The van der Waals surface area contributed by atoms with E-state index < -0.39 is 0 Å². The monoisotopic (exact) mass is 293 g/mol. The van der Waals surface area contributed by atoms with Crippen LogP contribution in [0.25, 0.3) is 0 Å². The van der Waals surface area contributed by atoms with Crippen LogP contribution < -0.4 is 10.6 Å². The van der Waals surface area contributed by atoms with Crippen molar-refractivity contribution in [1.82, 2.24) is 15.5 Å². The summed E-state index contributed by atoms with van der Waals surface area (Å²) in [7, 11) is 0. The summed E-state index contributed by atoms with van der Waals surface area (Å²) >= 11 is 0. The van der Waals surface area contributed by atoms with Crippen molar-refractivity contribution in [3.63, 3.8) is 0 Å². The minimum atomic E-state index is -0.228. The lowest BCUT2D eigenvalue weighted by molar-refractivity contribution is -0.122. The third-order valence-corrected chi connectivity index (χ3v) is 4.03. The maximum absolute atomic E-state index is 13.4. The Morgan fingerprint density at radius 3 is 2.95 bits per heavy atom. The Balaban J connectivity index is 1.81. The number of hydrogen-bond donors (Lipinski definition) is 2. The normalized spacial score (nSPS) is 18.2. The van der Waals surface area contributed by atoms with E-state index in [1.165, 1.54) is 6.07 Å². The van der Waals surface area contributed by atoms with Crippen LogP contribution in [0.5, 0.6) is 0 Å². The number of carbonyl (C=O) groups excluding carboxylic acids is 1. The van der Waals surface area contributed by atoms with Gasteiger partial charge in [0.05, 0.1) is 6.54 Å². The summed E-state index contributed by atoms with van der Waals surface area (Å²) in [5, 5.41) is 6.18. The molecule has 0 spiro atoms. The Bertz CT molecular complexity index is 486. The van der Waals surface area contributed by atoms with Crippen LogP contribution in [-0.2, 0) is 11.3 Å². The van der Waals surface area contributed by atoms with Crippen molar-refractivity contribution in [1.29, 1.82) is 0 Å². The zero-order valence-corrected chi connectivity index (χ0v) is 12.8. The molecule has 1 unspecified atom stereocenters. The van der Waals surface area contributed by atoms with Gasteiger partial charge in [-0.2, -0.15) is 0 Å². The van der Waals surface area contributed by atoms with Crippen LogP contribution in [0.4, 0.5) is 4.39 Å². The minimum absolute atomic E-state index is 0.00951. The highest BCUT2D eigenvalue weighted by atomic mass is 19.1. The van der Waals surface area contributed by atoms with Crippen LogP contribution >= 0.6 is 0 Å². The lowest BCUT2D eigenvalue weighted by Crippen LogP contribution is -2.43. The Morgan fingerprint density at radius 1 is 1.52 bits per heavy atom. The van der Waals surface area contributed by atoms with Crippen LogP contribution in [0.3, 0.4) is 0 Å². The SMILES string of the molecule is CCN(CC(=O)NCc1ccc(C)c(F)c1)C1CCNC1. The van der Waals surface area contributed by atoms with Gasteiger partial charge in [-0.1, -0.05) is 19.1 Å². The molecule has 21 heavy (non-hydrogen) atoms. The lowest BCUT2D eigenvalue weighted by atomic mass is 10.1. The van der Waals surface area contributed by atoms with Gasteiger partial charge < -0.3 is 10.6 Å². The second-order valence-electron chi connectivity index (χ2n) is 5.57. The second-order valence-corrected chi connectivity index (χ2v) is 5.57. The van der Waals surface area contributed by atoms with Crippen LogP contribution in [-0.4, -0.2) is 43.0 Å². The number of halogens is 1. The molecule has 0 radical (unpaired) electrons. The Kier molecular flexibility index (Phi) is 5.70. The van der Waals surface area contributed by atoms with Gasteiger partial charge in [0.1, 0.15) is 5.82 Å². The number of likely N-dealkylation sites (N-methyl/N-ethyl adjacent to an activating group) is 1. The molecule has 2 rings (SSSR count). The molecule has 5 heteroatoms. The fourth-order valence-corrected chi connectivity index (χ4v) is 2.64. The van der Waals surface area contributed by atoms with Crippen molar-refractivity contribution in [2.75, 3.05) is 26.2 Å². The minimum Gasteiger partial charge on any atom is -0.351 e. The molecule has 1 heterocycles. The molecule has 0 bridgehead atoms. The summed E-state index contributed by atoms with van der Waals surface area (Å²) in [6.07, 6.45) is 1.09. The van der Waals surface area contributed by atoms with E-state index in [9.17, 15) is 9.18 Å². The van der Waals surface area contributed by atoms with Crippen molar-refractivity contribution >= 4 is 5.91 Å². The van der Waals surface area contributed by atoms with Crippen LogP contribution in [0.1, 0.15) is 24.5 Å². The summed E-state index contributed by atoms with van der Waals surface area (Å²) in [5.74, 6) is -0.237. The molecular weight excluding hydrogens is 269 g/mol. The molecule has 0 aliphatic carbocycles. The first-order chi connectivity index (χ1) is 10.1. The molecule has 1 saturated heterocycles. The number of hydrogen-bond acceptors (Lipinski definition) is 3. The van der Waals surface area contributed by atoms with Gasteiger partial charge in [0.25, 0.3) is 0 Å². The highest BCUT2D eigenvalue weighted by molar-refractivity contribution is 5.78. The first-order valence-corrected chi connectivity index (χ1v) is 7.56. The average Bonchev–Trinajstić information content (AvgIpc) is 3.00. The van der Waals surface area contributed by atoms with Gasteiger partial charge >= 0.3 is 0 Å². The van der Waals surface area contributed by atoms with Gasteiger partial charge in [-0.05, 0) is 43.6 Å². The number of carbonyl (C=O) groups is 1. The number of aryl methyl sites for hydroxylation is 1. The fraction of sp³-hybridized carbons (Fsp3) is 0.562. The van der Waals surface area contributed by atoms with Crippen molar-refractivity contribution in [3.8, 4) is 0 Å². The Hall–Kier alpha value is -1.46. The maximum Gasteiger partial charge on any atom is 0.234 e. The summed E-state index contributed by atoms with van der Waals surface area (Å²) in [5.41, 5.74) is 1.41. The summed E-state index contributed by atoms with van der Waals surface area (Å²) in [4.78, 5) is 14.2. The fourth-order valence-electron chi connectivity index (χ4n) is 2.64. The van der Waals surface area contributed by atoms with Crippen molar-refractivity contribution < 1.29 is 9.18 Å². The topological polar surface area (TPSA) is 44.4 Å². The quantitative estimate of drug-likeness (QED) is 0.834. The number of rotatable bonds is 6. The van der Waals surface area contributed by atoms with Gasteiger partial charge in [0, 0.05) is 19.1 Å². The number of benzene rings is 1. The van der Waals surface area contributed by atoms with E-state index in [0.717, 1.165) is 31.6 Å². The van der Waals surface area contributed by atoms with Crippen LogP contribution in [0, 0.1) is 12.7 Å². The zero-order chi connectivity index (χ0) is 15.2. The molecule has 1 amide bonds. The smallest absolute Gasteiger partial charge is 0.234 e. The third-order valence-electron chi connectivity index (χ3n) is 4.03. The maximum atomic E-state index is 13.4. The van der Waals surface area contributed by atoms with Gasteiger partial charge in [0.2, 0.25) is 5.91 Å². The Morgan fingerprint density at radius 2 is 2.33 bits per heavy atom. The van der Waals surface area contributed by atoms with Gasteiger partial charge in [0.15, 0.2) is 0 Å². The molecule has 0 aromatic heterocycles. The first kappa shape index (κ1) is 15.9. The second kappa shape index (κ2) is 7.52. The lowest BCUT2D eigenvalue weighted by Gasteiger charge is -2.26. The molecular formula is C16H24FN3O. The molecule has 0 saturated carbocycles. The van der Waals surface area contributed by atoms with Gasteiger partial charge in [-0.15, -0.1) is 0 Å². The van der Waals surface area contributed by atoms with E-state index in [1.807, 2.05) is 6.07 Å². The van der Waals surface area contributed by atoms with Crippen LogP contribution in [0.15, 0.2) is 18.2 Å². The predicted molar refractivity (Wildman–Crippen MR) is 81.5 cm³/mol. The van der Waals surface area contributed by atoms with Crippen LogP contribution in [0.2, 0.25) is 0 Å². The summed E-state index contributed by atoms with van der Waals surface area (Å²) in [6.45, 7) is 7.40. The first-order valence-electron chi connectivity index (χ1n) is 7.56. The molecule has 1 aromatic carbocycles. The van der Waals surface area contributed by atoms with E-state index in [2.05, 4.69) is 22.5 Å². The molecule has 2 N–H and O–H groups in total. The molecule has 1 aliphatic heterocycles. The molecule has 4 nitrogen and oxygen atoms in total. The van der Waals surface area contributed by atoms with Gasteiger partial charge in [-0.3, -0.25) is 9.69 Å². The largest absolute Gasteiger partial charge is 0.351 e. The third kappa shape index (κ3) is 4.51. The molecule has 1 fully saturated rings. The highest BCUT2D eigenvalue weighted by Gasteiger charge is 2.22. The van der Waals surface area contributed by atoms with E-state index in [0.29, 0.717) is 24.7 Å². The van der Waals surface area contributed by atoms with Crippen molar-refractivity contribution in [3.05, 3.63) is 35.1 Å². The molecule has 1 atom stereocenters. The van der Waals surface area contributed by atoms with Crippen molar-refractivity contribution in [2.45, 2.75) is 32.9 Å². The average molecular weight is 293 g/mol. The molecule has 1 aliphatic rings. The van der Waals surface area contributed by atoms with E-state index >= 15 is 0 Å². The van der Waals surface area contributed by atoms with E-state index in [1.54, 1.807) is 13.0 Å².